The predicted molar refractivity (Wildman–Crippen MR) is 109 cm³/mol. The van der Waals surface area contributed by atoms with Gasteiger partial charge >= 0.3 is 0 Å². The van der Waals surface area contributed by atoms with Gasteiger partial charge in [0.15, 0.2) is 11.5 Å². The standard InChI is InChI=1S/C22H20N2O3S/c1-2-26-19-10-5-8-15-17-13-16(14-7-3-4-9-18(14)25)23-24(17)22(27-21(15)19)20-11-6-12-28-20/h3-12,17,22,25H,2,13H2,1H3/t17-,22+/m1/s1. The van der Waals surface area contributed by atoms with Crippen LogP contribution in [0, 0.1) is 0 Å². The first-order valence-electron chi connectivity index (χ1n) is 9.36. The monoisotopic (exact) mass is 392 g/mol. The fourth-order valence-electron chi connectivity index (χ4n) is 3.85. The SMILES string of the molecule is CCOc1cccc2c1O[C@@H](c1cccs1)N1N=C(c3ccccc3O)C[C@H]21. The lowest BCUT2D eigenvalue weighted by molar-refractivity contribution is -0.0188. The number of aromatic hydroxyl groups is 1. The minimum atomic E-state index is -0.317. The molecule has 3 heterocycles. The third-order valence-electron chi connectivity index (χ3n) is 5.08. The fourth-order valence-corrected chi connectivity index (χ4v) is 4.60. The summed E-state index contributed by atoms with van der Waals surface area (Å²) in [7, 11) is 0. The molecular weight excluding hydrogens is 372 g/mol. The second-order valence-electron chi connectivity index (χ2n) is 6.76. The zero-order valence-corrected chi connectivity index (χ0v) is 16.2. The summed E-state index contributed by atoms with van der Waals surface area (Å²) in [5.74, 6) is 1.80. The molecule has 3 aromatic rings. The van der Waals surface area contributed by atoms with Gasteiger partial charge in [0, 0.05) is 17.5 Å². The van der Waals surface area contributed by atoms with E-state index in [0.717, 1.165) is 33.2 Å². The molecule has 5 nitrogen and oxygen atoms in total. The first kappa shape index (κ1) is 17.1. The average Bonchev–Trinajstić information content (AvgIpc) is 3.38. The van der Waals surface area contributed by atoms with Crippen molar-refractivity contribution in [2.45, 2.75) is 25.6 Å². The summed E-state index contributed by atoms with van der Waals surface area (Å²) in [6.07, 6.45) is 0.383. The molecule has 0 bridgehead atoms. The predicted octanol–water partition coefficient (Wildman–Crippen LogP) is 5.09. The normalized spacial score (nSPS) is 20.2. The number of phenols is 1. The molecule has 28 heavy (non-hydrogen) atoms. The molecule has 0 aliphatic carbocycles. The van der Waals surface area contributed by atoms with Gasteiger partial charge in [0.05, 0.1) is 23.2 Å². The van der Waals surface area contributed by atoms with Gasteiger partial charge in [0.1, 0.15) is 5.75 Å². The van der Waals surface area contributed by atoms with Gasteiger partial charge in [0.25, 0.3) is 0 Å². The quantitative estimate of drug-likeness (QED) is 0.672. The van der Waals surface area contributed by atoms with E-state index in [9.17, 15) is 5.11 Å². The van der Waals surface area contributed by atoms with Gasteiger partial charge in [-0.15, -0.1) is 11.3 Å². The third kappa shape index (κ3) is 2.72. The summed E-state index contributed by atoms with van der Waals surface area (Å²) in [6.45, 7) is 2.55. The summed E-state index contributed by atoms with van der Waals surface area (Å²) in [4.78, 5) is 1.09. The number of thiophene rings is 1. The molecule has 0 fully saturated rings. The van der Waals surface area contributed by atoms with Crippen LogP contribution in [0.2, 0.25) is 0 Å². The molecule has 0 amide bonds. The van der Waals surface area contributed by atoms with Crippen LogP contribution < -0.4 is 9.47 Å². The molecule has 2 atom stereocenters. The van der Waals surface area contributed by atoms with Gasteiger partial charge in [-0.05, 0) is 36.6 Å². The van der Waals surface area contributed by atoms with E-state index in [0.29, 0.717) is 13.0 Å². The number of ether oxygens (including phenoxy) is 2. The minimum Gasteiger partial charge on any atom is -0.507 e. The van der Waals surface area contributed by atoms with Gasteiger partial charge < -0.3 is 14.6 Å². The number of para-hydroxylation sites is 2. The smallest absolute Gasteiger partial charge is 0.223 e. The highest BCUT2D eigenvalue weighted by Gasteiger charge is 2.42. The van der Waals surface area contributed by atoms with Crippen molar-refractivity contribution >= 4 is 17.0 Å². The van der Waals surface area contributed by atoms with Gasteiger partial charge in [-0.2, -0.15) is 5.10 Å². The summed E-state index contributed by atoms with van der Waals surface area (Å²) >= 11 is 1.65. The van der Waals surface area contributed by atoms with E-state index in [2.05, 4.69) is 12.1 Å². The van der Waals surface area contributed by atoms with E-state index < -0.39 is 0 Å². The van der Waals surface area contributed by atoms with E-state index >= 15 is 0 Å². The van der Waals surface area contributed by atoms with Crippen LogP contribution in [0.1, 0.15) is 41.6 Å². The molecule has 1 aromatic heterocycles. The molecule has 5 rings (SSSR count). The highest BCUT2D eigenvalue weighted by Crippen LogP contribution is 2.51. The van der Waals surface area contributed by atoms with E-state index in [1.165, 1.54) is 0 Å². The zero-order chi connectivity index (χ0) is 19.1. The summed E-state index contributed by atoms with van der Waals surface area (Å²) < 4.78 is 12.3. The minimum absolute atomic E-state index is 0.0332. The molecule has 0 saturated heterocycles. The number of hydrogen-bond donors (Lipinski definition) is 1. The number of phenolic OH excluding ortho intramolecular Hbond substituents is 1. The lowest BCUT2D eigenvalue weighted by atomic mass is 9.96. The molecule has 0 radical (unpaired) electrons. The Bertz CT molecular complexity index is 1030. The Labute approximate surface area is 167 Å². The van der Waals surface area contributed by atoms with E-state index in [-0.39, 0.29) is 18.0 Å². The summed E-state index contributed by atoms with van der Waals surface area (Å²) in [5.41, 5.74) is 2.69. The zero-order valence-electron chi connectivity index (χ0n) is 15.4. The van der Waals surface area contributed by atoms with Gasteiger partial charge in [-0.3, -0.25) is 0 Å². The Morgan fingerprint density at radius 1 is 1.18 bits per heavy atom. The van der Waals surface area contributed by atoms with Crippen LogP contribution in [0.25, 0.3) is 0 Å². The van der Waals surface area contributed by atoms with Crippen molar-refractivity contribution in [3.05, 3.63) is 76.0 Å². The molecule has 0 spiro atoms. The van der Waals surface area contributed by atoms with Crippen LogP contribution in [-0.2, 0) is 0 Å². The first-order chi connectivity index (χ1) is 13.8. The highest BCUT2D eigenvalue weighted by atomic mass is 32.1. The Balaban J connectivity index is 1.62. The van der Waals surface area contributed by atoms with Crippen molar-refractivity contribution in [3.8, 4) is 17.2 Å². The summed E-state index contributed by atoms with van der Waals surface area (Å²) in [6, 6.07) is 17.5. The van der Waals surface area contributed by atoms with Crippen molar-refractivity contribution in [1.29, 1.82) is 0 Å². The molecular formula is C22H20N2O3S. The van der Waals surface area contributed by atoms with Crippen molar-refractivity contribution in [2.75, 3.05) is 6.61 Å². The van der Waals surface area contributed by atoms with Gasteiger partial charge in [-0.1, -0.05) is 30.3 Å². The number of fused-ring (bicyclic) bond motifs is 3. The Morgan fingerprint density at radius 3 is 2.86 bits per heavy atom. The van der Waals surface area contributed by atoms with Gasteiger partial charge in [-0.25, -0.2) is 5.01 Å². The Morgan fingerprint density at radius 2 is 2.07 bits per heavy atom. The van der Waals surface area contributed by atoms with E-state index in [1.54, 1.807) is 17.4 Å². The number of rotatable bonds is 4. The maximum Gasteiger partial charge on any atom is 0.223 e. The topological polar surface area (TPSA) is 54.3 Å². The molecule has 2 aliphatic rings. The van der Waals surface area contributed by atoms with Crippen molar-refractivity contribution < 1.29 is 14.6 Å². The summed E-state index contributed by atoms with van der Waals surface area (Å²) in [5, 5.41) is 19.3. The van der Waals surface area contributed by atoms with Crippen molar-refractivity contribution in [1.82, 2.24) is 5.01 Å². The number of hydrazone groups is 1. The van der Waals surface area contributed by atoms with E-state index in [4.69, 9.17) is 14.6 Å². The molecule has 0 saturated carbocycles. The van der Waals surface area contributed by atoms with E-state index in [1.807, 2.05) is 53.7 Å². The number of hydrogen-bond acceptors (Lipinski definition) is 6. The molecule has 142 valence electrons. The van der Waals surface area contributed by atoms with Crippen molar-refractivity contribution in [3.63, 3.8) is 0 Å². The van der Waals surface area contributed by atoms with Gasteiger partial charge in [0.2, 0.25) is 6.23 Å². The van der Waals surface area contributed by atoms with Crippen LogP contribution in [0.4, 0.5) is 0 Å². The maximum absolute atomic E-state index is 10.3. The second-order valence-corrected chi connectivity index (χ2v) is 7.74. The number of benzene rings is 2. The molecule has 0 unspecified atom stereocenters. The number of nitrogens with zero attached hydrogens (tertiary/aromatic N) is 2. The van der Waals surface area contributed by atoms with Crippen molar-refractivity contribution in [2.24, 2.45) is 5.10 Å². The molecule has 2 aliphatic heterocycles. The lowest BCUT2D eigenvalue weighted by Crippen LogP contribution is -2.33. The average molecular weight is 392 g/mol. The Kier molecular flexibility index (Phi) is 4.20. The third-order valence-corrected chi connectivity index (χ3v) is 5.98. The first-order valence-corrected chi connectivity index (χ1v) is 10.2. The fraction of sp³-hybridized carbons (Fsp3) is 0.227. The maximum atomic E-state index is 10.3. The second kappa shape index (κ2) is 6.87. The van der Waals surface area contributed by atoms with Crippen LogP contribution in [0.3, 0.4) is 0 Å². The highest BCUT2D eigenvalue weighted by molar-refractivity contribution is 7.10. The van der Waals surface area contributed by atoms with Crippen LogP contribution >= 0.6 is 11.3 Å². The largest absolute Gasteiger partial charge is 0.507 e. The molecule has 2 aromatic carbocycles. The molecule has 1 N–H and O–H groups in total. The van der Waals surface area contributed by atoms with Crippen LogP contribution in [-0.4, -0.2) is 22.4 Å². The van der Waals surface area contributed by atoms with Crippen LogP contribution in [0.15, 0.2) is 65.1 Å². The molecule has 6 heteroatoms. The lowest BCUT2D eigenvalue weighted by Gasteiger charge is -2.38. The van der Waals surface area contributed by atoms with Crippen LogP contribution in [0.5, 0.6) is 17.2 Å². The Hall–Kier alpha value is -2.99.